The molecule has 1 heterocycles. The van der Waals surface area contributed by atoms with E-state index in [9.17, 15) is 5.21 Å². The topological polar surface area (TPSA) is 35.5 Å². The zero-order chi connectivity index (χ0) is 6.91. The molecule has 3 nitrogen and oxygen atoms in total. The molecule has 1 rings (SSSR count). The first-order valence-electron chi connectivity index (χ1n) is 3.30. The molecule has 0 radical (unpaired) electrons. The molecule has 1 aliphatic rings. The highest BCUT2D eigenvalue weighted by molar-refractivity contribution is 4.82. The lowest BCUT2D eigenvalue weighted by Crippen LogP contribution is -2.56. The third-order valence-electron chi connectivity index (χ3n) is 1.76. The molecular weight excluding hydrogens is 116 g/mol. The first-order chi connectivity index (χ1) is 4.13. The van der Waals surface area contributed by atoms with E-state index >= 15 is 0 Å². The summed E-state index contributed by atoms with van der Waals surface area (Å²) >= 11 is 0. The molecule has 0 aromatic rings. The fraction of sp³-hybridized carbons (Fsp3) is 1.00. The van der Waals surface area contributed by atoms with Crippen LogP contribution < -0.4 is 5.32 Å². The average Bonchev–Trinajstić information content (AvgIpc) is 1.77. The number of rotatable bonds is 0. The Morgan fingerprint density at radius 3 is 2.56 bits per heavy atom. The second kappa shape index (κ2) is 2.25. The van der Waals surface area contributed by atoms with E-state index in [0.29, 0.717) is 0 Å². The van der Waals surface area contributed by atoms with Gasteiger partial charge in [-0.3, -0.25) is 0 Å². The molecule has 2 N–H and O–H groups in total. The molecule has 0 aromatic heterocycles. The number of hydroxylamine groups is 2. The number of nitrogens with one attached hydrogen (secondary N) is 1. The minimum absolute atomic E-state index is 0.0851. The smallest absolute Gasteiger partial charge is 0.0528 e. The van der Waals surface area contributed by atoms with Crippen molar-refractivity contribution in [1.82, 2.24) is 10.4 Å². The van der Waals surface area contributed by atoms with Gasteiger partial charge in [-0.05, 0) is 13.8 Å². The van der Waals surface area contributed by atoms with Crippen LogP contribution in [0.25, 0.3) is 0 Å². The summed E-state index contributed by atoms with van der Waals surface area (Å²) in [6, 6.07) is 0. The van der Waals surface area contributed by atoms with Crippen LogP contribution in [-0.4, -0.2) is 35.4 Å². The Labute approximate surface area is 55.6 Å². The molecule has 0 bridgehead atoms. The third kappa shape index (κ3) is 1.41. The van der Waals surface area contributed by atoms with Gasteiger partial charge in [0.25, 0.3) is 0 Å². The summed E-state index contributed by atoms with van der Waals surface area (Å²) in [5, 5.41) is 13.8. The van der Waals surface area contributed by atoms with E-state index < -0.39 is 0 Å². The van der Waals surface area contributed by atoms with Gasteiger partial charge in [0.1, 0.15) is 0 Å². The van der Waals surface area contributed by atoms with E-state index in [1.807, 2.05) is 13.8 Å². The van der Waals surface area contributed by atoms with Crippen LogP contribution in [-0.2, 0) is 0 Å². The standard InChI is InChI=1S/C6H14N2O/c1-6(2)5-7-3-4-8(6)9/h7,9H,3-5H2,1-2H3. The molecular formula is C6H14N2O. The van der Waals surface area contributed by atoms with Crippen molar-refractivity contribution < 1.29 is 5.21 Å². The van der Waals surface area contributed by atoms with Crippen molar-refractivity contribution in [2.45, 2.75) is 19.4 Å². The second-order valence-corrected chi connectivity index (χ2v) is 3.11. The summed E-state index contributed by atoms with van der Waals surface area (Å²) in [5.41, 5.74) is -0.0851. The molecule has 1 aliphatic heterocycles. The Balaban J connectivity index is 2.49. The number of hydrogen-bond donors (Lipinski definition) is 2. The first-order valence-corrected chi connectivity index (χ1v) is 3.30. The molecule has 0 saturated carbocycles. The lowest BCUT2D eigenvalue weighted by molar-refractivity contribution is -0.170. The van der Waals surface area contributed by atoms with Gasteiger partial charge in [-0.25, -0.2) is 0 Å². The van der Waals surface area contributed by atoms with Crippen molar-refractivity contribution >= 4 is 0 Å². The van der Waals surface area contributed by atoms with Gasteiger partial charge in [-0.15, -0.1) is 0 Å². The molecule has 0 atom stereocenters. The van der Waals surface area contributed by atoms with Gasteiger partial charge in [0.15, 0.2) is 0 Å². The van der Waals surface area contributed by atoms with Crippen LogP contribution in [0.15, 0.2) is 0 Å². The van der Waals surface area contributed by atoms with Gasteiger partial charge in [-0.1, -0.05) is 0 Å². The van der Waals surface area contributed by atoms with Gasteiger partial charge >= 0.3 is 0 Å². The van der Waals surface area contributed by atoms with Crippen molar-refractivity contribution in [1.29, 1.82) is 0 Å². The van der Waals surface area contributed by atoms with Gasteiger partial charge in [-0.2, -0.15) is 5.06 Å². The van der Waals surface area contributed by atoms with Crippen molar-refractivity contribution in [3.8, 4) is 0 Å². The number of nitrogens with zero attached hydrogens (tertiary/aromatic N) is 1. The van der Waals surface area contributed by atoms with E-state index in [0.717, 1.165) is 19.6 Å². The van der Waals surface area contributed by atoms with Crippen LogP contribution in [0.2, 0.25) is 0 Å². The Kier molecular flexibility index (Phi) is 1.75. The van der Waals surface area contributed by atoms with E-state index in [1.54, 1.807) is 0 Å². The van der Waals surface area contributed by atoms with Crippen LogP contribution in [0, 0.1) is 0 Å². The summed E-state index contributed by atoms with van der Waals surface area (Å²) in [6.45, 7) is 6.51. The molecule has 0 amide bonds. The summed E-state index contributed by atoms with van der Waals surface area (Å²) < 4.78 is 0. The summed E-state index contributed by atoms with van der Waals surface area (Å²) in [6.07, 6.45) is 0. The van der Waals surface area contributed by atoms with Crippen molar-refractivity contribution in [2.24, 2.45) is 0 Å². The molecule has 0 spiro atoms. The number of hydrogen-bond acceptors (Lipinski definition) is 3. The van der Waals surface area contributed by atoms with Gasteiger partial charge in [0, 0.05) is 19.6 Å². The maximum Gasteiger partial charge on any atom is 0.0528 e. The van der Waals surface area contributed by atoms with E-state index in [1.165, 1.54) is 5.06 Å². The van der Waals surface area contributed by atoms with E-state index in [2.05, 4.69) is 5.32 Å². The predicted molar refractivity (Wildman–Crippen MR) is 35.4 cm³/mol. The van der Waals surface area contributed by atoms with Crippen LogP contribution >= 0.6 is 0 Å². The summed E-state index contributed by atoms with van der Waals surface area (Å²) in [7, 11) is 0. The minimum Gasteiger partial charge on any atom is -0.313 e. The van der Waals surface area contributed by atoms with E-state index in [4.69, 9.17) is 0 Å². The van der Waals surface area contributed by atoms with E-state index in [-0.39, 0.29) is 5.54 Å². The first kappa shape index (κ1) is 6.99. The minimum atomic E-state index is -0.0851. The fourth-order valence-corrected chi connectivity index (χ4v) is 0.973. The SMILES string of the molecule is CC1(C)CNCCN1O. The monoisotopic (exact) mass is 130 g/mol. The predicted octanol–water partition coefficient (Wildman–Crippen LogP) is 0.0594. The fourth-order valence-electron chi connectivity index (χ4n) is 0.973. The Bertz CT molecular complexity index is 103. The number of piperazine rings is 1. The Hall–Kier alpha value is -0.120. The van der Waals surface area contributed by atoms with Gasteiger partial charge in [0.2, 0.25) is 0 Å². The Morgan fingerprint density at radius 1 is 1.56 bits per heavy atom. The maximum absolute atomic E-state index is 9.23. The molecule has 0 aliphatic carbocycles. The lowest BCUT2D eigenvalue weighted by atomic mass is 10.0. The summed E-state index contributed by atoms with van der Waals surface area (Å²) in [4.78, 5) is 0. The molecule has 9 heavy (non-hydrogen) atoms. The van der Waals surface area contributed by atoms with Crippen LogP contribution in [0.4, 0.5) is 0 Å². The quantitative estimate of drug-likeness (QED) is 0.486. The average molecular weight is 130 g/mol. The van der Waals surface area contributed by atoms with Crippen molar-refractivity contribution in [3.05, 3.63) is 0 Å². The molecule has 54 valence electrons. The van der Waals surface area contributed by atoms with Crippen molar-refractivity contribution in [2.75, 3.05) is 19.6 Å². The normalized spacial score (nSPS) is 28.3. The second-order valence-electron chi connectivity index (χ2n) is 3.11. The molecule has 3 heteroatoms. The highest BCUT2D eigenvalue weighted by Gasteiger charge is 2.27. The van der Waals surface area contributed by atoms with Crippen LogP contribution in [0.3, 0.4) is 0 Å². The van der Waals surface area contributed by atoms with Crippen LogP contribution in [0.1, 0.15) is 13.8 Å². The highest BCUT2D eigenvalue weighted by atomic mass is 16.5. The highest BCUT2D eigenvalue weighted by Crippen LogP contribution is 2.11. The maximum atomic E-state index is 9.23. The van der Waals surface area contributed by atoms with Crippen LogP contribution in [0.5, 0.6) is 0 Å². The largest absolute Gasteiger partial charge is 0.313 e. The summed E-state index contributed by atoms with van der Waals surface area (Å²) in [5.74, 6) is 0. The molecule has 1 fully saturated rings. The molecule has 0 unspecified atom stereocenters. The zero-order valence-corrected chi connectivity index (χ0v) is 6.02. The molecule has 1 saturated heterocycles. The molecule has 0 aromatic carbocycles. The Morgan fingerprint density at radius 2 is 2.22 bits per heavy atom. The third-order valence-corrected chi connectivity index (χ3v) is 1.76. The zero-order valence-electron chi connectivity index (χ0n) is 6.02. The van der Waals surface area contributed by atoms with Gasteiger partial charge < -0.3 is 10.5 Å². The van der Waals surface area contributed by atoms with Crippen molar-refractivity contribution in [3.63, 3.8) is 0 Å². The lowest BCUT2D eigenvalue weighted by Gasteiger charge is -2.37. The van der Waals surface area contributed by atoms with Gasteiger partial charge in [0.05, 0.1) is 5.54 Å².